The third kappa shape index (κ3) is 3.25. The molecule has 10 heteroatoms. The highest BCUT2D eigenvalue weighted by atomic mass is 32.1. The number of benzene rings is 1. The number of para-hydroxylation sites is 1. The van der Waals surface area contributed by atoms with Crippen LogP contribution in [0.25, 0.3) is 5.69 Å². The lowest BCUT2D eigenvalue weighted by molar-refractivity contribution is -0.143. The molecular formula is C15H10F4N4OS. The van der Waals surface area contributed by atoms with Crippen LogP contribution in [0.3, 0.4) is 0 Å². The maximum Gasteiger partial charge on any atom is 0.434 e. The predicted molar refractivity (Wildman–Crippen MR) is 81.7 cm³/mol. The standard InChI is InChI=1S/C15H10F4N4OS/c1-22-6-7-25-14(22)21-13(24)9-8-20-23(12(9)15(17,18)19)11-5-3-2-4-10(11)16/h2-8H,1H3. The number of hydrogen-bond donors (Lipinski definition) is 0. The van der Waals surface area contributed by atoms with E-state index in [2.05, 4.69) is 10.1 Å². The van der Waals surface area contributed by atoms with Crippen molar-refractivity contribution in [1.29, 1.82) is 0 Å². The normalized spacial score (nSPS) is 12.6. The van der Waals surface area contributed by atoms with Gasteiger partial charge in [-0.2, -0.15) is 23.3 Å². The van der Waals surface area contributed by atoms with Crippen molar-refractivity contribution < 1.29 is 22.4 Å². The van der Waals surface area contributed by atoms with Crippen LogP contribution >= 0.6 is 11.3 Å². The largest absolute Gasteiger partial charge is 0.434 e. The highest BCUT2D eigenvalue weighted by Gasteiger charge is 2.41. The van der Waals surface area contributed by atoms with Crippen LogP contribution in [0.1, 0.15) is 16.1 Å². The summed E-state index contributed by atoms with van der Waals surface area (Å²) in [5.74, 6) is -2.00. The lowest BCUT2D eigenvalue weighted by Crippen LogP contribution is -2.19. The number of aryl methyl sites for hydroxylation is 1. The van der Waals surface area contributed by atoms with Crippen LogP contribution in [0.15, 0.2) is 47.0 Å². The third-order valence-electron chi connectivity index (χ3n) is 3.31. The topological polar surface area (TPSA) is 52.2 Å². The highest BCUT2D eigenvalue weighted by Crippen LogP contribution is 2.34. The van der Waals surface area contributed by atoms with E-state index >= 15 is 0 Å². The number of hydrogen-bond acceptors (Lipinski definition) is 3. The van der Waals surface area contributed by atoms with E-state index in [1.807, 2.05) is 0 Å². The van der Waals surface area contributed by atoms with Crippen molar-refractivity contribution in [2.75, 3.05) is 0 Å². The molecule has 2 aromatic heterocycles. The van der Waals surface area contributed by atoms with E-state index in [0.29, 0.717) is 4.68 Å². The predicted octanol–water partition coefficient (Wildman–Crippen LogP) is 3.17. The molecule has 3 aromatic rings. The van der Waals surface area contributed by atoms with E-state index in [4.69, 9.17) is 0 Å². The molecular weight excluding hydrogens is 360 g/mol. The lowest BCUT2D eigenvalue weighted by Gasteiger charge is -2.12. The first-order valence-corrected chi connectivity index (χ1v) is 7.76. The summed E-state index contributed by atoms with van der Waals surface area (Å²) in [6.45, 7) is 0. The summed E-state index contributed by atoms with van der Waals surface area (Å²) < 4.78 is 56.2. The average Bonchev–Trinajstić information content (AvgIpc) is 3.14. The number of carbonyl (C=O) groups is 1. The van der Waals surface area contributed by atoms with E-state index in [0.717, 1.165) is 29.7 Å². The fraction of sp³-hybridized carbons (Fsp3) is 0.133. The van der Waals surface area contributed by atoms with Gasteiger partial charge in [0.1, 0.15) is 11.5 Å². The van der Waals surface area contributed by atoms with Crippen molar-refractivity contribution in [2.45, 2.75) is 6.18 Å². The molecule has 3 rings (SSSR count). The molecule has 1 aromatic carbocycles. The first kappa shape index (κ1) is 17.1. The van der Waals surface area contributed by atoms with Crippen molar-refractivity contribution in [2.24, 2.45) is 12.0 Å². The summed E-state index contributed by atoms with van der Waals surface area (Å²) in [4.78, 5) is 16.2. The Hall–Kier alpha value is -2.75. The third-order valence-corrected chi connectivity index (χ3v) is 4.15. The SMILES string of the molecule is Cn1ccsc1=NC(=O)c1cnn(-c2ccccc2F)c1C(F)(F)F. The van der Waals surface area contributed by atoms with Crippen molar-refractivity contribution in [1.82, 2.24) is 14.3 Å². The van der Waals surface area contributed by atoms with Gasteiger partial charge in [-0.15, -0.1) is 11.3 Å². The molecule has 0 saturated heterocycles. The Labute approximate surface area is 142 Å². The van der Waals surface area contributed by atoms with Gasteiger partial charge in [0, 0.05) is 18.6 Å². The second-order valence-electron chi connectivity index (χ2n) is 4.98. The summed E-state index contributed by atoms with van der Waals surface area (Å²) in [5.41, 5.74) is -2.52. The molecule has 0 aliphatic heterocycles. The van der Waals surface area contributed by atoms with Crippen LogP contribution in [0.4, 0.5) is 17.6 Å². The Kier molecular flexibility index (Phi) is 4.29. The summed E-state index contributed by atoms with van der Waals surface area (Å²) in [6, 6.07) is 4.86. The average molecular weight is 370 g/mol. The number of amides is 1. The molecule has 0 bridgehead atoms. The van der Waals surface area contributed by atoms with E-state index in [1.54, 1.807) is 18.6 Å². The molecule has 0 atom stereocenters. The van der Waals surface area contributed by atoms with E-state index in [-0.39, 0.29) is 4.80 Å². The first-order valence-electron chi connectivity index (χ1n) is 6.88. The van der Waals surface area contributed by atoms with Crippen LogP contribution in [0.2, 0.25) is 0 Å². The zero-order valence-electron chi connectivity index (χ0n) is 12.7. The molecule has 0 aliphatic carbocycles. The zero-order valence-corrected chi connectivity index (χ0v) is 13.5. The van der Waals surface area contributed by atoms with Gasteiger partial charge in [-0.05, 0) is 12.1 Å². The van der Waals surface area contributed by atoms with Gasteiger partial charge in [-0.3, -0.25) is 4.79 Å². The highest BCUT2D eigenvalue weighted by molar-refractivity contribution is 7.07. The number of aromatic nitrogens is 3. The number of alkyl halides is 3. The van der Waals surface area contributed by atoms with Crippen molar-refractivity contribution >= 4 is 17.2 Å². The van der Waals surface area contributed by atoms with Gasteiger partial charge < -0.3 is 4.57 Å². The van der Waals surface area contributed by atoms with E-state index in [1.165, 1.54) is 16.7 Å². The molecule has 0 unspecified atom stereocenters. The van der Waals surface area contributed by atoms with Gasteiger partial charge >= 0.3 is 6.18 Å². The van der Waals surface area contributed by atoms with Gasteiger partial charge in [0.15, 0.2) is 10.5 Å². The van der Waals surface area contributed by atoms with Crippen molar-refractivity contribution in [3.05, 3.63) is 63.9 Å². The summed E-state index contributed by atoms with van der Waals surface area (Å²) in [7, 11) is 1.61. The van der Waals surface area contributed by atoms with Gasteiger partial charge in [0.05, 0.1) is 11.8 Å². The summed E-state index contributed by atoms with van der Waals surface area (Å²) in [6.07, 6.45) is -2.56. The minimum Gasteiger partial charge on any atom is -0.327 e. The Morgan fingerprint density at radius 3 is 2.60 bits per heavy atom. The zero-order chi connectivity index (χ0) is 18.2. The second kappa shape index (κ2) is 6.28. The van der Waals surface area contributed by atoms with E-state index < -0.39 is 34.8 Å². The molecule has 25 heavy (non-hydrogen) atoms. The minimum atomic E-state index is -4.92. The van der Waals surface area contributed by atoms with Crippen LogP contribution in [-0.4, -0.2) is 20.3 Å². The molecule has 0 aliphatic rings. The van der Waals surface area contributed by atoms with Crippen LogP contribution in [0, 0.1) is 5.82 Å². The molecule has 0 fully saturated rings. The molecule has 2 heterocycles. The number of rotatable bonds is 2. The number of thiazole rings is 1. The summed E-state index contributed by atoms with van der Waals surface area (Å²) >= 11 is 1.10. The Balaban J connectivity index is 2.18. The van der Waals surface area contributed by atoms with Crippen molar-refractivity contribution in [3.8, 4) is 5.69 Å². The fourth-order valence-corrected chi connectivity index (χ4v) is 2.89. The Morgan fingerprint density at radius 2 is 2.00 bits per heavy atom. The van der Waals surface area contributed by atoms with Crippen LogP contribution in [-0.2, 0) is 13.2 Å². The number of halogens is 4. The molecule has 5 nitrogen and oxygen atoms in total. The maximum absolute atomic E-state index is 13.9. The smallest absolute Gasteiger partial charge is 0.327 e. The van der Waals surface area contributed by atoms with Crippen LogP contribution < -0.4 is 4.80 Å². The van der Waals surface area contributed by atoms with E-state index in [9.17, 15) is 22.4 Å². The van der Waals surface area contributed by atoms with Gasteiger partial charge in [0.25, 0.3) is 5.91 Å². The lowest BCUT2D eigenvalue weighted by atomic mass is 10.2. The Morgan fingerprint density at radius 1 is 1.28 bits per heavy atom. The molecule has 0 spiro atoms. The van der Waals surface area contributed by atoms with Gasteiger partial charge in [-0.1, -0.05) is 12.1 Å². The first-order chi connectivity index (χ1) is 11.8. The maximum atomic E-state index is 13.9. The van der Waals surface area contributed by atoms with Crippen molar-refractivity contribution in [3.63, 3.8) is 0 Å². The van der Waals surface area contributed by atoms with Gasteiger partial charge in [-0.25, -0.2) is 9.07 Å². The minimum absolute atomic E-state index is 0.233. The number of nitrogens with zero attached hydrogens (tertiary/aromatic N) is 4. The number of carbonyl (C=O) groups excluding carboxylic acids is 1. The Bertz CT molecular complexity index is 999. The monoisotopic (exact) mass is 370 g/mol. The fourth-order valence-electron chi connectivity index (χ4n) is 2.17. The van der Waals surface area contributed by atoms with Crippen LogP contribution in [0.5, 0.6) is 0 Å². The quantitative estimate of drug-likeness (QED) is 0.651. The molecule has 0 N–H and O–H groups in total. The van der Waals surface area contributed by atoms with Gasteiger partial charge in [0.2, 0.25) is 0 Å². The molecule has 0 radical (unpaired) electrons. The molecule has 130 valence electrons. The summed E-state index contributed by atoms with van der Waals surface area (Å²) in [5, 5.41) is 5.20. The second-order valence-corrected chi connectivity index (χ2v) is 5.85. The molecule has 1 amide bonds. The molecule has 0 saturated carbocycles.